The first-order chi connectivity index (χ1) is 10.4. The van der Waals surface area contributed by atoms with Gasteiger partial charge in [0.2, 0.25) is 0 Å². The van der Waals surface area contributed by atoms with Crippen LogP contribution in [0, 0.1) is 0 Å². The Kier molecular flexibility index (Phi) is 12.3. The molecular weight excluding hydrogens is 260 g/mol. The molecule has 1 saturated heterocycles. The van der Waals surface area contributed by atoms with Crippen molar-refractivity contribution >= 4 is 0 Å². The summed E-state index contributed by atoms with van der Waals surface area (Å²) in [5.74, 6) is 0. The number of epoxide rings is 1. The highest BCUT2D eigenvalue weighted by molar-refractivity contribution is 4.84. The average Bonchev–Trinajstić information content (AvgIpc) is 3.24. The molecule has 0 amide bonds. The minimum atomic E-state index is 0.366. The number of unbranched alkanes of at least 4 members (excludes halogenated alkanes) is 11. The maximum absolute atomic E-state index is 8.69. The molecule has 126 valence electrons. The van der Waals surface area contributed by atoms with Gasteiger partial charge in [0.15, 0.2) is 0 Å². The molecule has 0 spiro atoms. The van der Waals surface area contributed by atoms with Gasteiger partial charge in [-0.2, -0.15) is 0 Å². The smallest absolute Gasteiger partial charge is 0.0841 e. The molecule has 1 N–H and O–H groups in total. The van der Waals surface area contributed by atoms with E-state index < -0.39 is 0 Å². The van der Waals surface area contributed by atoms with E-state index in [4.69, 9.17) is 9.84 Å². The molecule has 1 aliphatic heterocycles. The van der Waals surface area contributed by atoms with Gasteiger partial charge in [-0.1, -0.05) is 84.0 Å². The molecule has 1 heterocycles. The van der Waals surface area contributed by atoms with Gasteiger partial charge in [-0.05, 0) is 19.3 Å². The third-order valence-corrected chi connectivity index (χ3v) is 4.68. The molecule has 0 aliphatic carbocycles. The van der Waals surface area contributed by atoms with E-state index in [0.717, 1.165) is 6.42 Å². The van der Waals surface area contributed by atoms with Gasteiger partial charge in [0, 0.05) is 6.61 Å². The fraction of sp³-hybridized carbons (Fsp3) is 1.00. The standard InChI is InChI=1S/C19H38O2/c1-2-3-15-18-19(21-18)16-13-11-9-7-5-4-6-8-10-12-14-17-20/h18-20H,2-17H2,1H3. The maximum Gasteiger partial charge on any atom is 0.0841 e. The van der Waals surface area contributed by atoms with Crippen molar-refractivity contribution < 1.29 is 9.84 Å². The Hall–Kier alpha value is -0.0800. The van der Waals surface area contributed by atoms with Crippen LogP contribution in [-0.4, -0.2) is 23.9 Å². The summed E-state index contributed by atoms with van der Waals surface area (Å²) in [5, 5.41) is 8.69. The molecule has 0 radical (unpaired) electrons. The van der Waals surface area contributed by atoms with Crippen LogP contribution in [0.15, 0.2) is 0 Å². The third kappa shape index (κ3) is 11.2. The van der Waals surface area contributed by atoms with Crippen molar-refractivity contribution in [3.8, 4) is 0 Å². The van der Waals surface area contributed by atoms with Crippen molar-refractivity contribution in [2.45, 2.75) is 115 Å². The topological polar surface area (TPSA) is 32.8 Å². The SMILES string of the molecule is CCCCC1OC1CCCCCCCCCCCCCO. The summed E-state index contributed by atoms with van der Waals surface area (Å²) in [6, 6.07) is 0. The Bertz CT molecular complexity index is 218. The fourth-order valence-electron chi connectivity index (χ4n) is 3.14. The Morgan fingerprint density at radius 3 is 1.52 bits per heavy atom. The molecule has 2 atom stereocenters. The highest BCUT2D eigenvalue weighted by atomic mass is 16.6. The highest BCUT2D eigenvalue weighted by Crippen LogP contribution is 2.31. The fourth-order valence-corrected chi connectivity index (χ4v) is 3.14. The van der Waals surface area contributed by atoms with Gasteiger partial charge in [0.25, 0.3) is 0 Å². The summed E-state index contributed by atoms with van der Waals surface area (Å²) < 4.78 is 5.70. The second-order valence-corrected chi connectivity index (χ2v) is 6.76. The van der Waals surface area contributed by atoms with Gasteiger partial charge in [-0.15, -0.1) is 0 Å². The summed E-state index contributed by atoms with van der Waals surface area (Å²) in [6.45, 7) is 2.62. The zero-order chi connectivity index (χ0) is 15.2. The average molecular weight is 299 g/mol. The number of hydrogen-bond acceptors (Lipinski definition) is 2. The zero-order valence-electron chi connectivity index (χ0n) is 14.3. The summed E-state index contributed by atoms with van der Waals surface area (Å²) in [6.07, 6.45) is 21.1. The van der Waals surface area contributed by atoms with E-state index in [0.29, 0.717) is 18.8 Å². The van der Waals surface area contributed by atoms with E-state index in [9.17, 15) is 0 Å². The normalized spacial score (nSPS) is 20.9. The predicted molar refractivity (Wildman–Crippen MR) is 90.7 cm³/mol. The second-order valence-electron chi connectivity index (χ2n) is 6.76. The lowest BCUT2D eigenvalue weighted by Gasteiger charge is -2.02. The number of ether oxygens (including phenoxy) is 1. The van der Waals surface area contributed by atoms with Gasteiger partial charge in [-0.3, -0.25) is 0 Å². The number of rotatable bonds is 16. The predicted octanol–water partition coefficient (Wildman–Crippen LogP) is 5.62. The monoisotopic (exact) mass is 298 g/mol. The number of aliphatic hydroxyl groups is 1. The van der Waals surface area contributed by atoms with Crippen LogP contribution in [0.2, 0.25) is 0 Å². The van der Waals surface area contributed by atoms with E-state index in [1.165, 1.54) is 89.9 Å². The Morgan fingerprint density at radius 2 is 1.05 bits per heavy atom. The molecule has 1 fully saturated rings. The molecule has 0 saturated carbocycles. The minimum absolute atomic E-state index is 0.366. The van der Waals surface area contributed by atoms with E-state index in [1.807, 2.05) is 0 Å². The zero-order valence-corrected chi connectivity index (χ0v) is 14.3. The Balaban J connectivity index is 1.68. The molecule has 0 aromatic heterocycles. The summed E-state index contributed by atoms with van der Waals surface area (Å²) >= 11 is 0. The molecule has 1 aliphatic rings. The van der Waals surface area contributed by atoms with Crippen LogP contribution in [0.3, 0.4) is 0 Å². The van der Waals surface area contributed by atoms with Crippen molar-refractivity contribution in [3.63, 3.8) is 0 Å². The van der Waals surface area contributed by atoms with Crippen molar-refractivity contribution in [1.29, 1.82) is 0 Å². The molecule has 0 bridgehead atoms. The van der Waals surface area contributed by atoms with Gasteiger partial charge in [-0.25, -0.2) is 0 Å². The molecule has 1 rings (SSSR count). The molecule has 0 aromatic carbocycles. The van der Waals surface area contributed by atoms with E-state index >= 15 is 0 Å². The van der Waals surface area contributed by atoms with E-state index in [2.05, 4.69) is 6.92 Å². The molecule has 2 heteroatoms. The number of hydrogen-bond donors (Lipinski definition) is 1. The summed E-state index contributed by atoms with van der Waals surface area (Å²) in [7, 11) is 0. The molecular formula is C19H38O2. The molecule has 2 nitrogen and oxygen atoms in total. The summed E-state index contributed by atoms with van der Waals surface area (Å²) in [4.78, 5) is 0. The largest absolute Gasteiger partial charge is 0.396 e. The van der Waals surface area contributed by atoms with Crippen LogP contribution in [0.4, 0.5) is 0 Å². The van der Waals surface area contributed by atoms with Crippen molar-refractivity contribution in [2.24, 2.45) is 0 Å². The Labute approximate surface area is 132 Å². The summed E-state index contributed by atoms with van der Waals surface area (Å²) in [5.41, 5.74) is 0. The van der Waals surface area contributed by atoms with Crippen LogP contribution >= 0.6 is 0 Å². The van der Waals surface area contributed by atoms with Crippen molar-refractivity contribution in [3.05, 3.63) is 0 Å². The second kappa shape index (κ2) is 13.6. The Morgan fingerprint density at radius 1 is 0.619 bits per heavy atom. The lowest BCUT2D eigenvalue weighted by atomic mass is 10.0. The van der Waals surface area contributed by atoms with Gasteiger partial charge in [0.1, 0.15) is 0 Å². The van der Waals surface area contributed by atoms with Gasteiger partial charge >= 0.3 is 0 Å². The maximum atomic E-state index is 8.69. The molecule has 0 aromatic rings. The van der Waals surface area contributed by atoms with Crippen LogP contribution in [0.1, 0.15) is 103 Å². The molecule has 2 unspecified atom stereocenters. The first-order valence-corrected chi connectivity index (χ1v) is 9.64. The first-order valence-electron chi connectivity index (χ1n) is 9.64. The first kappa shape index (κ1) is 19.0. The van der Waals surface area contributed by atoms with Crippen molar-refractivity contribution in [1.82, 2.24) is 0 Å². The van der Waals surface area contributed by atoms with Crippen LogP contribution < -0.4 is 0 Å². The lowest BCUT2D eigenvalue weighted by Crippen LogP contribution is -1.94. The molecule has 21 heavy (non-hydrogen) atoms. The van der Waals surface area contributed by atoms with Crippen LogP contribution in [-0.2, 0) is 4.74 Å². The highest BCUT2D eigenvalue weighted by Gasteiger charge is 2.36. The quantitative estimate of drug-likeness (QED) is 0.296. The number of aliphatic hydroxyl groups excluding tert-OH is 1. The lowest BCUT2D eigenvalue weighted by molar-refractivity contribution is 0.282. The van der Waals surface area contributed by atoms with Crippen molar-refractivity contribution in [2.75, 3.05) is 6.61 Å². The van der Waals surface area contributed by atoms with E-state index in [-0.39, 0.29) is 0 Å². The van der Waals surface area contributed by atoms with E-state index in [1.54, 1.807) is 0 Å². The minimum Gasteiger partial charge on any atom is -0.396 e. The van der Waals surface area contributed by atoms with Crippen LogP contribution in [0.5, 0.6) is 0 Å². The van der Waals surface area contributed by atoms with Gasteiger partial charge in [0.05, 0.1) is 12.2 Å². The van der Waals surface area contributed by atoms with Gasteiger partial charge < -0.3 is 9.84 Å². The third-order valence-electron chi connectivity index (χ3n) is 4.68. The van der Waals surface area contributed by atoms with Crippen LogP contribution in [0.25, 0.3) is 0 Å².